The van der Waals surface area contributed by atoms with E-state index in [1.54, 1.807) is 30.3 Å². The second-order valence-electron chi connectivity index (χ2n) is 10.3. The predicted molar refractivity (Wildman–Crippen MR) is 161 cm³/mol. The molecule has 3 rings (SSSR count). The monoisotopic (exact) mass is 563 g/mol. The molecule has 0 spiro atoms. The van der Waals surface area contributed by atoms with Gasteiger partial charge in [-0.15, -0.1) is 0 Å². The fourth-order valence-corrected chi connectivity index (χ4v) is 5.92. The van der Waals surface area contributed by atoms with Crippen molar-refractivity contribution in [2.75, 3.05) is 10.8 Å². The summed E-state index contributed by atoms with van der Waals surface area (Å²) in [5.74, 6) is -0.702. The van der Waals surface area contributed by atoms with Crippen LogP contribution >= 0.6 is 0 Å². The van der Waals surface area contributed by atoms with Crippen molar-refractivity contribution in [2.24, 2.45) is 0 Å². The number of carbonyl (C=O) groups excluding carboxylic acids is 2. The quantitative estimate of drug-likeness (QED) is 0.314. The molecule has 0 aliphatic rings. The lowest BCUT2D eigenvalue weighted by molar-refractivity contribution is -0.140. The number of hydrogen-bond acceptors (Lipinski definition) is 4. The minimum absolute atomic E-state index is 0.0528. The van der Waals surface area contributed by atoms with Crippen molar-refractivity contribution < 1.29 is 18.0 Å². The van der Waals surface area contributed by atoms with E-state index < -0.39 is 28.5 Å². The van der Waals surface area contributed by atoms with Crippen molar-refractivity contribution in [2.45, 2.75) is 77.9 Å². The number of amides is 2. The average Bonchev–Trinajstić information content (AvgIpc) is 2.93. The lowest BCUT2D eigenvalue weighted by atomic mass is 10.1. The molecule has 3 aromatic carbocycles. The third-order valence-electron chi connectivity index (χ3n) is 7.21. The standard InChI is InChI=1S/C32H41N3O4S/c1-7-26(6)33-32(37)30(8-2)34(21-27-14-12-13-23(3)19-27)31(36)22-35(28-18-17-24(4)25(5)20-28)40(38,39)29-15-10-9-11-16-29/h9-20,26,30H,7-8,21-22H2,1-6H3,(H,33,37)/t26-,30-/m1/s1. The maximum atomic E-state index is 14.1. The molecule has 0 saturated carbocycles. The number of hydrogen-bond donors (Lipinski definition) is 1. The molecular weight excluding hydrogens is 522 g/mol. The van der Waals surface area contributed by atoms with E-state index in [1.165, 1.54) is 17.0 Å². The van der Waals surface area contributed by atoms with Gasteiger partial charge in [-0.3, -0.25) is 13.9 Å². The topological polar surface area (TPSA) is 86.8 Å². The van der Waals surface area contributed by atoms with Gasteiger partial charge in [-0.25, -0.2) is 8.42 Å². The van der Waals surface area contributed by atoms with Crippen LogP contribution in [0, 0.1) is 20.8 Å². The maximum Gasteiger partial charge on any atom is 0.264 e. The average molecular weight is 564 g/mol. The summed E-state index contributed by atoms with van der Waals surface area (Å²) in [5, 5.41) is 3.00. The molecule has 0 aliphatic carbocycles. The molecule has 0 aromatic heterocycles. The molecule has 0 radical (unpaired) electrons. The Labute approximate surface area is 239 Å². The molecule has 3 aromatic rings. The van der Waals surface area contributed by atoms with Crippen LogP contribution in [0.15, 0.2) is 77.7 Å². The summed E-state index contributed by atoms with van der Waals surface area (Å²) in [6.07, 6.45) is 1.14. The zero-order chi connectivity index (χ0) is 29.4. The Bertz CT molecular complexity index is 1420. The third kappa shape index (κ3) is 7.50. The summed E-state index contributed by atoms with van der Waals surface area (Å²) in [4.78, 5) is 29.1. The van der Waals surface area contributed by atoms with E-state index in [0.29, 0.717) is 12.1 Å². The Balaban J connectivity index is 2.07. The number of aryl methyl sites for hydroxylation is 3. The van der Waals surface area contributed by atoms with Gasteiger partial charge in [-0.2, -0.15) is 0 Å². The second kappa shape index (κ2) is 13.6. The lowest BCUT2D eigenvalue weighted by Crippen LogP contribution is -2.53. The number of anilines is 1. The van der Waals surface area contributed by atoms with Crippen LogP contribution in [-0.2, 0) is 26.2 Å². The van der Waals surface area contributed by atoms with Gasteiger partial charge in [0.1, 0.15) is 12.6 Å². The fraction of sp³-hybridized carbons (Fsp3) is 0.375. The van der Waals surface area contributed by atoms with E-state index in [1.807, 2.05) is 71.9 Å². The van der Waals surface area contributed by atoms with Crippen molar-refractivity contribution >= 4 is 27.5 Å². The van der Waals surface area contributed by atoms with Crippen LogP contribution < -0.4 is 9.62 Å². The Kier molecular flexibility index (Phi) is 10.5. The van der Waals surface area contributed by atoms with Crippen LogP contribution in [0.3, 0.4) is 0 Å². The van der Waals surface area contributed by atoms with Gasteiger partial charge in [0.2, 0.25) is 11.8 Å². The first kappa shape index (κ1) is 30.9. The van der Waals surface area contributed by atoms with Crippen molar-refractivity contribution in [1.29, 1.82) is 0 Å². The van der Waals surface area contributed by atoms with E-state index in [2.05, 4.69) is 5.32 Å². The van der Waals surface area contributed by atoms with E-state index in [4.69, 9.17) is 0 Å². The van der Waals surface area contributed by atoms with E-state index in [-0.39, 0.29) is 23.4 Å². The van der Waals surface area contributed by atoms with Crippen molar-refractivity contribution in [3.8, 4) is 0 Å². The van der Waals surface area contributed by atoms with E-state index >= 15 is 0 Å². The fourth-order valence-electron chi connectivity index (χ4n) is 4.50. The Morgan fingerprint density at radius 2 is 1.55 bits per heavy atom. The molecule has 0 fully saturated rings. The minimum atomic E-state index is -4.08. The summed E-state index contributed by atoms with van der Waals surface area (Å²) in [7, 11) is -4.08. The molecule has 40 heavy (non-hydrogen) atoms. The van der Waals surface area contributed by atoms with Gasteiger partial charge in [-0.05, 0) is 81.5 Å². The lowest BCUT2D eigenvalue weighted by Gasteiger charge is -2.34. The molecule has 7 nitrogen and oxygen atoms in total. The van der Waals surface area contributed by atoms with Crippen LogP contribution in [0.25, 0.3) is 0 Å². The highest BCUT2D eigenvalue weighted by molar-refractivity contribution is 7.92. The van der Waals surface area contributed by atoms with Gasteiger partial charge in [0.25, 0.3) is 10.0 Å². The molecule has 214 valence electrons. The highest BCUT2D eigenvalue weighted by Gasteiger charge is 2.34. The first-order valence-corrected chi connectivity index (χ1v) is 15.2. The number of carbonyl (C=O) groups is 2. The van der Waals surface area contributed by atoms with Crippen LogP contribution in [0.5, 0.6) is 0 Å². The SMILES string of the molecule is CC[C@@H](C)NC(=O)[C@@H](CC)N(Cc1cccc(C)c1)C(=O)CN(c1ccc(C)c(C)c1)S(=O)(=O)c1ccccc1. The van der Waals surface area contributed by atoms with E-state index in [9.17, 15) is 18.0 Å². The summed E-state index contributed by atoms with van der Waals surface area (Å²) in [5.41, 5.74) is 4.22. The minimum Gasteiger partial charge on any atom is -0.352 e. The van der Waals surface area contributed by atoms with Crippen molar-refractivity contribution in [1.82, 2.24) is 10.2 Å². The molecule has 8 heteroatoms. The largest absolute Gasteiger partial charge is 0.352 e. The Morgan fingerprint density at radius 1 is 0.850 bits per heavy atom. The van der Waals surface area contributed by atoms with Crippen molar-refractivity contribution in [3.63, 3.8) is 0 Å². The maximum absolute atomic E-state index is 14.1. The number of benzene rings is 3. The first-order valence-electron chi connectivity index (χ1n) is 13.8. The van der Waals surface area contributed by atoms with Crippen LogP contribution in [0.2, 0.25) is 0 Å². The molecule has 0 bridgehead atoms. The highest BCUT2D eigenvalue weighted by Crippen LogP contribution is 2.27. The zero-order valence-corrected chi connectivity index (χ0v) is 25.2. The smallest absolute Gasteiger partial charge is 0.264 e. The van der Waals surface area contributed by atoms with E-state index in [0.717, 1.165) is 33.0 Å². The summed E-state index contributed by atoms with van der Waals surface area (Å²) >= 11 is 0. The summed E-state index contributed by atoms with van der Waals surface area (Å²) < 4.78 is 29.0. The number of sulfonamides is 1. The van der Waals surface area contributed by atoms with Crippen LogP contribution in [0.1, 0.15) is 55.9 Å². The van der Waals surface area contributed by atoms with Gasteiger partial charge in [0.05, 0.1) is 10.6 Å². The van der Waals surface area contributed by atoms with Gasteiger partial charge < -0.3 is 10.2 Å². The molecule has 0 aliphatic heterocycles. The summed E-state index contributed by atoms with van der Waals surface area (Å²) in [6.45, 7) is 11.3. The third-order valence-corrected chi connectivity index (χ3v) is 9.00. The van der Waals surface area contributed by atoms with Crippen molar-refractivity contribution in [3.05, 3.63) is 95.1 Å². The Morgan fingerprint density at radius 3 is 2.15 bits per heavy atom. The molecule has 2 atom stereocenters. The first-order chi connectivity index (χ1) is 19.0. The number of nitrogens with one attached hydrogen (secondary N) is 1. The van der Waals surface area contributed by atoms with Crippen LogP contribution in [0.4, 0.5) is 5.69 Å². The zero-order valence-electron chi connectivity index (χ0n) is 24.3. The molecule has 0 unspecified atom stereocenters. The molecule has 0 heterocycles. The second-order valence-corrected chi connectivity index (χ2v) is 12.2. The Hall–Kier alpha value is -3.65. The predicted octanol–water partition coefficient (Wildman–Crippen LogP) is 5.53. The van der Waals surface area contributed by atoms with Gasteiger partial charge in [0.15, 0.2) is 0 Å². The van der Waals surface area contributed by atoms with Gasteiger partial charge >= 0.3 is 0 Å². The molecular formula is C32H41N3O4S. The highest BCUT2D eigenvalue weighted by atomic mass is 32.2. The van der Waals surface area contributed by atoms with Crippen LogP contribution in [-0.4, -0.2) is 43.8 Å². The molecule has 2 amide bonds. The normalized spacial score (nSPS) is 12.8. The molecule has 0 saturated heterocycles. The van der Waals surface area contributed by atoms with Gasteiger partial charge in [0, 0.05) is 12.6 Å². The molecule has 1 N–H and O–H groups in total. The summed E-state index contributed by atoms with van der Waals surface area (Å²) in [6, 6.07) is 20.4. The van der Waals surface area contributed by atoms with Gasteiger partial charge in [-0.1, -0.05) is 67.9 Å². The number of nitrogens with zero attached hydrogens (tertiary/aromatic N) is 2. The number of rotatable bonds is 12.